The van der Waals surface area contributed by atoms with Gasteiger partial charge < -0.3 is 19.9 Å². The number of methoxy groups -OCH3 is 1. The smallest absolute Gasteiger partial charge is 0.192 e. The number of rotatable bonds is 8. The average Bonchev–Trinajstić information content (AvgIpc) is 2.98. The van der Waals surface area contributed by atoms with Crippen LogP contribution in [0.1, 0.15) is 57.6 Å². The predicted octanol–water partition coefficient (Wildman–Crippen LogP) is 3.03. The van der Waals surface area contributed by atoms with E-state index < -0.39 is 0 Å². The van der Waals surface area contributed by atoms with Crippen molar-refractivity contribution in [1.82, 2.24) is 25.4 Å². The molecular weight excluding hydrogens is 455 g/mol. The molecule has 0 radical (unpaired) electrons. The molecule has 1 aliphatic carbocycles. The molecule has 1 fully saturated rings. The zero-order valence-electron chi connectivity index (χ0n) is 17.5. The van der Waals surface area contributed by atoms with Gasteiger partial charge in [0.15, 0.2) is 11.8 Å². The summed E-state index contributed by atoms with van der Waals surface area (Å²) >= 11 is 0. The van der Waals surface area contributed by atoms with E-state index in [4.69, 9.17) is 9.73 Å². The molecule has 2 atom stereocenters. The fourth-order valence-corrected chi connectivity index (χ4v) is 3.58. The molecule has 2 unspecified atom stereocenters. The minimum atomic E-state index is 0. The van der Waals surface area contributed by atoms with Crippen molar-refractivity contribution in [2.45, 2.75) is 65.5 Å². The van der Waals surface area contributed by atoms with Gasteiger partial charge in [0.25, 0.3) is 0 Å². The van der Waals surface area contributed by atoms with Crippen LogP contribution in [-0.4, -0.2) is 47.0 Å². The highest BCUT2D eigenvalue weighted by molar-refractivity contribution is 14.0. The van der Waals surface area contributed by atoms with Gasteiger partial charge in [-0.25, -0.2) is 4.99 Å². The average molecular weight is 492 g/mol. The van der Waals surface area contributed by atoms with Gasteiger partial charge in [0.2, 0.25) is 0 Å². The summed E-state index contributed by atoms with van der Waals surface area (Å²) in [7, 11) is 3.68. The van der Waals surface area contributed by atoms with Crippen molar-refractivity contribution < 1.29 is 4.74 Å². The molecule has 2 rings (SSSR count). The molecule has 0 amide bonds. The second kappa shape index (κ2) is 12.5. The number of halogens is 1. The van der Waals surface area contributed by atoms with Crippen LogP contribution in [0.4, 0.5) is 0 Å². The van der Waals surface area contributed by atoms with Crippen LogP contribution in [0, 0.1) is 18.8 Å². The molecule has 8 heteroatoms. The van der Waals surface area contributed by atoms with Crippen LogP contribution in [0.3, 0.4) is 0 Å². The van der Waals surface area contributed by atoms with E-state index in [1.54, 1.807) is 7.11 Å². The molecule has 1 saturated carbocycles. The molecule has 0 bridgehead atoms. The Morgan fingerprint density at radius 1 is 1.26 bits per heavy atom. The lowest BCUT2D eigenvalue weighted by atomic mass is 9.78. The third-order valence-electron chi connectivity index (χ3n) is 5.71. The van der Waals surface area contributed by atoms with Crippen molar-refractivity contribution >= 4 is 29.9 Å². The van der Waals surface area contributed by atoms with Gasteiger partial charge >= 0.3 is 0 Å². The largest absolute Gasteiger partial charge is 0.383 e. The monoisotopic (exact) mass is 492 g/mol. The highest BCUT2D eigenvalue weighted by Gasteiger charge is 2.25. The highest BCUT2D eigenvalue weighted by Crippen LogP contribution is 2.31. The maximum atomic E-state index is 5.15. The summed E-state index contributed by atoms with van der Waals surface area (Å²) < 4.78 is 7.13. The lowest BCUT2D eigenvalue weighted by Crippen LogP contribution is -2.47. The number of nitrogens with zero attached hydrogens (tertiary/aromatic N) is 4. The first-order chi connectivity index (χ1) is 12.5. The zero-order chi connectivity index (χ0) is 18.9. The Labute approximate surface area is 181 Å². The molecule has 1 heterocycles. The summed E-state index contributed by atoms with van der Waals surface area (Å²) in [5.74, 6) is 4.02. The fourth-order valence-electron chi connectivity index (χ4n) is 3.58. The predicted molar refractivity (Wildman–Crippen MR) is 121 cm³/mol. The van der Waals surface area contributed by atoms with E-state index in [0.29, 0.717) is 25.1 Å². The Bertz CT molecular complexity index is 571. The number of aliphatic imine (C=N–C) groups is 1. The molecule has 156 valence electrons. The maximum Gasteiger partial charge on any atom is 0.192 e. The first-order valence-corrected chi connectivity index (χ1v) is 9.91. The maximum absolute atomic E-state index is 5.15. The molecule has 1 aromatic rings. The van der Waals surface area contributed by atoms with E-state index in [1.165, 1.54) is 32.1 Å². The topological polar surface area (TPSA) is 76.4 Å². The van der Waals surface area contributed by atoms with Crippen LogP contribution < -0.4 is 10.6 Å². The van der Waals surface area contributed by atoms with Crippen LogP contribution in [0.2, 0.25) is 0 Å². The van der Waals surface area contributed by atoms with Gasteiger partial charge in [0.1, 0.15) is 12.4 Å². The van der Waals surface area contributed by atoms with E-state index in [0.717, 1.165) is 30.1 Å². The molecular formula is C19H37IN6O. The number of aryl methyl sites for hydroxylation is 1. The molecule has 1 aromatic heterocycles. The van der Waals surface area contributed by atoms with Gasteiger partial charge in [-0.3, -0.25) is 0 Å². The van der Waals surface area contributed by atoms with Gasteiger partial charge in [-0.05, 0) is 25.7 Å². The fraction of sp³-hybridized carbons (Fsp3) is 0.842. The van der Waals surface area contributed by atoms with Crippen LogP contribution in [0.5, 0.6) is 0 Å². The number of ether oxygens (including phenoxy) is 1. The van der Waals surface area contributed by atoms with Gasteiger partial charge in [-0.15, -0.1) is 34.2 Å². The van der Waals surface area contributed by atoms with Crippen molar-refractivity contribution in [2.24, 2.45) is 23.9 Å². The summed E-state index contributed by atoms with van der Waals surface area (Å²) in [6.45, 7) is 8.46. The molecule has 7 nitrogen and oxygen atoms in total. The zero-order valence-corrected chi connectivity index (χ0v) is 19.8. The molecule has 0 aliphatic heterocycles. The summed E-state index contributed by atoms with van der Waals surface area (Å²) in [4.78, 5) is 4.72. The highest BCUT2D eigenvalue weighted by atomic mass is 127. The number of guanidine groups is 1. The molecule has 27 heavy (non-hydrogen) atoms. The summed E-state index contributed by atoms with van der Waals surface area (Å²) in [5, 5.41) is 15.3. The number of hydrogen-bond donors (Lipinski definition) is 2. The molecule has 0 spiro atoms. The quantitative estimate of drug-likeness (QED) is 0.253. The second-order valence-electron chi connectivity index (χ2n) is 7.50. The van der Waals surface area contributed by atoms with Crippen molar-refractivity contribution in [3.8, 4) is 0 Å². The summed E-state index contributed by atoms with van der Waals surface area (Å²) in [6.07, 6.45) is 6.86. The van der Waals surface area contributed by atoms with E-state index in [-0.39, 0.29) is 24.0 Å². The van der Waals surface area contributed by atoms with Crippen LogP contribution >= 0.6 is 24.0 Å². The molecule has 1 aliphatic rings. The minimum absolute atomic E-state index is 0. The van der Waals surface area contributed by atoms with E-state index in [1.807, 2.05) is 18.5 Å². The molecule has 0 saturated heterocycles. The lowest BCUT2D eigenvalue weighted by Gasteiger charge is -2.33. The number of aromatic nitrogens is 3. The minimum Gasteiger partial charge on any atom is -0.383 e. The molecule has 0 aromatic carbocycles. The Balaban J connectivity index is 0.00000364. The Morgan fingerprint density at radius 2 is 1.96 bits per heavy atom. The third-order valence-corrected chi connectivity index (χ3v) is 5.71. The number of nitrogens with one attached hydrogen (secondary N) is 2. The van der Waals surface area contributed by atoms with Crippen molar-refractivity contribution in [3.63, 3.8) is 0 Å². The SMILES string of the molecule is COCCNC(=NCc1nnc(C)n1C)NC(C)C(C)C1CCCCC1.I. The normalized spacial score (nSPS) is 17.9. The third kappa shape index (κ3) is 7.56. The van der Waals surface area contributed by atoms with E-state index >= 15 is 0 Å². The van der Waals surface area contributed by atoms with Crippen molar-refractivity contribution in [3.05, 3.63) is 11.6 Å². The van der Waals surface area contributed by atoms with Gasteiger partial charge in [-0.1, -0.05) is 39.0 Å². The lowest BCUT2D eigenvalue weighted by molar-refractivity contribution is 0.203. The Morgan fingerprint density at radius 3 is 2.56 bits per heavy atom. The van der Waals surface area contributed by atoms with E-state index in [2.05, 4.69) is 34.7 Å². The van der Waals surface area contributed by atoms with Crippen LogP contribution in [0.15, 0.2) is 4.99 Å². The van der Waals surface area contributed by atoms with Crippen molar-refractivity contribution in [2.75, 3.05) is 20.3 Å². The standard InChI is InChI=1S/C19H36N6O.HI/c1-14(17-9-7-6-8-10-17)15(2)22-19(20-11-12-26-5)21-13-18-24-23-16(3)25(18)4;/h14-15,17H,6-13H2,1-5H3,(H2,20,21,22);1H. The van der Waals surface area contributed by atoms with Crippen LogP contribution in [-0.2, 0) is 18.3 Å². The van der Waals surface area contributed by atoms with Gasteiger partial charge in [-0.2, -0.15) is 0 Å². The Kier molecular flexibility index (Phi) is 11.2. The first kappa shape index (κ1) is 24.1. The summed E-state index contributed by atoms with van der Waals surface area (Å²) in [5.41, 5.74) is 0. The first-order valence-electron chi connectivity index (χ1n) is 9.91. The van der Waals surface area contributed by atoms with Gasteiger partial charge in [0, 0.05) is 26.7 Å². The summed E-state index contributed by atoms with van der Waals surface area (Å²) in [6, 6.07) is 0.369. The Hall–Kier alpha value is -0.900. The van der Waals surface area contributed by atoms with Crippen LogP contribution in [0.25, 0.3) is 0 Å². The second-order valence-corrected chi connectivity index (χ2v) is 7.50. The van der Waals surface area contributed by atoms with Gasteiger partial charge in [0.05, 0.1) is 6.61 Å². The van der Waals surface area contributed by atoms with Crippen molar-refractivity contribution in [1.29, 1.82) is 0 Å². The number of hydrogen-bond acceptors (Lipinski definition) is 4. The van der Waals surface area contributed by atoms with E-state index in [9.17, 15) is 0 Å². The molecule has 2 N–H and O–H groups in total.